The summed E-state index contributed by atoms with van der Waals surface area (Å²) < 4.78 is 5.60. The number of unbranched alkanes of at least 4 members (excludes halogenated alkanes) is 1. The lowest BCUT2D eigenvalue weighted by Crippen LogP contribution is -2.26. The SMILES string of the molecule is CCCCOCCNC(CC(C)C)c1ccccc1. The van der Waals surface area contributed by atoms with Crippen LogP contribution in [0.3, 0.4) is 0 Å². The fraction of sp³-hybridized carbons (Fsp3) is 0.647. The molecule has 1 aromatic rings. The normalized spacial score (nSPS) is 12.8. The van der Waals surface area contributed by atoms with Crippen LogP contribution in [0.5, 0.6) is 0 Å². The van der Waals surface area contributed by atoms with Crippen molar-refractivity contribution >= 4 is 0 Å². The van der Waals surface area contributed by atoms with Crippen LogP contribution in [0.25, 0.3) is 0 Å². The Morgan fingerprint density at radius 3 is 2.47 bits per heavy atom. The average Bonchev–Trinajstić information content (AvgIpc) is 2.42. The second-order valence-electron chi connectivity index (χ2n) is 5.51. The first kappa shape index (κ1) is 16.2. The first-order valence-electron chi connectivity index (χ1n) is 7.60. The van der Waals surface area contributed by atoms with Gasteiger partial charge in [0.25, 0.3) is 0 Å². The highest BCUT2D eigenvalue weighted by Gasteiger charge is 2.11. The number of benzene rings is 1. The molecule has 0 spiro atoms. The lowest BCUT2D eigenvalue weighted by atomic mass is 9.97. The van der Waals surface area contributed by atoms with Gasteiger partial charge in [0.2, 0.25) is 0 Å². The quantitative estimate of drug-likeness (QED) is 0.639. The molecule has 0 saturated heterocycles. The van der Waals surface area contributed by atoms with Crippen LogP contribution in [-0.4, -0.2) is 19.8 Å². The third-order valence-corrected chi connectivity index (χ3v) is 3.19. The van der Waals surface area contributed by atoms with Gasteiger partial charge >= 0.3 is 0 Å². The van der Waals surface area contributed by atoms with E-state index in [0.29, 0.717) is 12.0 Å². The minimum atomic E-state index is 0.441. The van der Waals surface area contributed by atoms with E-state index >= 15 is 0 Å². The molecular weight excluding hydrogens is 234 g/mol. The second kappa shape index (κ2) is 9.99. The zero-order valence-electron chi connectivity index (χ0n) is 12.7. The summed E-state index contributed by atoms with van der Waals surface area (Å²) in [6.45, 7) is 9.36. The summed E-state index contributed by atoms with van der Waals surface area (Å²) in [7, 11) is 0. The molecule has 2 heteroatoms. The summed E-state index contributed by atoms with van der Waals surface area (Å²) >= 11 is 0. The van der Waals surface area contributed by atoms with E-state index in [0.717, 1.165) is 26.2 Å². The summed E-state index contributed by atoms with van der Waals surface area (Å²) in [6, 6.07) is 11.2. The fourth-order valence-electron chi connectivity index (χ4n) is 2.15. The van der Waals surface area contributed by atoms with Crippen molar-refractivity contribution in [1.82, 2.24) is 5.32 Å². The van der Waals surface area contributed by atoms with Gasteiger partial charge in [0.15, 0.2) is 0 Å². The predicted molar refractivity (Wildman–Crippen MR) is 82.4 cm³/mol. The predicted octanol–water partition coefficient (Wildman–Crippen LogP) is 4.18. The molecule has 1 rings (SSSR count). The average molecular weight is 263 g/mol. The topological polar surface area (TPSA) is 21.3 Å². The van der Waals surface area contributed by atoms with Gasteiger partial charge in [-0.05, 0) is 24.3 Å². The third-order valence-electron chi connectivity index (χ3n) is 3.19. The lowest BCUT2D eigenvalue weighted by molar-refractivity contribution is 0.130. The van der Waals surface area contributed by atoms with Gasteiger partial charge in [-0.1, -0.05) is 57.5 Å². The molecule has 0 saturated carbocycles. The summed E-state index contributed by atoms with van der Waals surface area (Å²) in [6.07, 6.45) is 3.53. The Hall–Kier alpha value is -0.860. The van der Waals surface area contributed by atoms with Gasteiger partial charge in [-0.15, -0.1) is 0 Å². The van der Waals surface area contributed by atoms with E-state index in [4.69, 9.17) is 4.74 Å². The molecule has 0 radical (unpaired) electrons. The van der Waals surface area contributed by atoms with E-state index in [1.165, 1.54) is 18.4 Å². The Labute approximate surface area is 118 Å². The Morgan fingerprint density at radius 2 is 1.84 bits per heavy atom. The maximum Gasteiger partial charge on any atom is 0.0591 e. The zero-order chi connectivity index (χ0) is 13.9. The van der Waals surface area contributed by atoms with Gasteiger partial charge in [0.05, 0.1) is 6.61 Å². The molecule has 0 bridgehead atoms. The molecule has 1 atom stereocenters. The molecule has 0 aliphatic rings. The summed E-state index contributed by atoms with van der Waals surface area (Å²) in [5.41, 5.74) is 1.38. The largest absolute Gasteiger partial charge is 0.380 e. The van der Waals surface area contributed by atoms with Gasteiger partial charge in [-0.2, -0.15) is 0 Å². The molecule has 0 heterocycles. The Kier molecular flexibility index (Phi) is 8.52. The van der Waals surface area contributed by atoms with Crippen molar-refractivity contribution in [2.45, 2.75) is 46.1 Å². The summed E-state index contributed by atoms with van der Waals surface area (Å²) in [5.74, 6) is 0.693. The van der Waals surface area contributed by atoms with Crippen LogP contribution in [0.4, 0.5) is 0 Å². The molecule has 0 aliphatic heterocycles. The monoisotopic (exact) mass is 263 g/mol. The van der Waals surface area contributed by atoms with Crippen molar-refractivity contribution in [1.29, 1.82) is 0 Å². The van der Waals surface area contributed by atoms with Crippen LogP contribution in [0, 0.1) is 5.92 Å². The molecule has 1 N–H and O–H groups in total. The van der Waals surface area contributed by atoms with Gasteiger partial charge < -0.3 is 10.1 Å². The van der Waals surface area contributed by atoms with Gasteiger partial charge in [-0.25, -0.2) is 0 Å². The van der Waals surface area contributed by atoms with Crippen molar-refractivity contribution < 1.29 is 4.74 Å². The minimum Gasteiger partial charge on any atom is -0.380 e. The minimum absolute atomic E-state index is 0.441. The fourth-order valence-corrected chi connectivity index (χ4v) is 2.15. The Morgan fingerprint density at radius 1 is 1.11 bits per heavy atom. The van der Waals surface area contributed by atoms with E-state index in [1.807, 2.05) is 0 Å². The standard InChI is InChI=1S/C17H29NO/c1-4-5-12-19-13-11-18-17(14-15(2)3)16-9-7-6-8-10-16/h6-10,15,17-18H,4-5,11-14H2,1-3H3. The highest BCUT2D eigenvalue weighted by molar-refractivity contribution is 5.18. The molecule has 0 fully saturated rings. The van der Waals surface area contributed by atoms with Crippen molar-refractivity contribution in [3.05, 3.63) is 35.9 Å². The number of hydrogen-bond acceptors (Lipinski definition) is 2. The van der Waals surface area contributed by atoms with Crippen LogP contribution >= 0.6 is 0 Å². The molecule has 2 nitrogen and oxygen atoms in total. The first-order valence-corrected chi connectivity index (χ1v) is 7.60. The van der Waals surface area contributed by atoms with Gasteiger partial charge in [0.1, 0.15) is 0 Å². The van der Waals surface area contributed by atoms with E-state index in [9.17, 15) is 0 Å². The molecule has 19 heavy (non-hydrogen) atoms. The lowest BCUT2D eigenvalue weighted by Gasteiger charge is -2.21. The highest BCUT2D eigenvalue weighted by Crippen LogP contribution is 2.20. The highest BCUT2D eigenvalue weighted by atomic mass is 16.5. The third kappa shape index (κ3) is 7.34. The van der Waals surface area contributed by atoms with Crippen LogP contribution in [-0.2, 0) is 4.74 Å². The van der Waals surface area contributed by atoms with E-state index < -0.39 is 0 Å². The maximum absolute atomic E-state index is 5.60. The van der Waals surface area contributed by atoms with Crippen molar-refractivity contribution in [3.63, 3.8) is 0 Å². The molecule has 1 unspecified atom stereocenters. The van der Waals surface area contributed by atoms with Crippen LogP contribution in [0.1, 0.15) is 51.6 Å². The molecule has 0 amide bonds. The first-order chi connectivity index (χ1) is 9.24. The van der Waals surface area contributed by atoms with Gasteiger partial charge in [0, 0.05) is 19.2 Å². The van der Waals surface area contributed by atoms with Crippen LogP contribution in [0.15, 0.2) is 30.3 Å². The molecule has 1 aromatic carbocycles. The van der Waals surface area contributed by atoms with E-state index in [1.54, 1.807) is 0 Å². The maximum atomic E-state index is 5.60. The Bertz CT molecular complexity index is 310. The van der Waals surface area contributed by atoms with Crippen molar-refractivity contribution in [2.75, 3.05) is 19.8 Å². The Balaban J connectivity index is 2.34. The molecule has 0 aromatic heterocycles. The number of hydrogen-bond donors (Lipinski definition) is 1. The summed E-state index contributed by atoms with van der Waals surface area (Å²) in [5, 5.41) is 3.62. The van der Waals surface area contributed by atoms with Crippen molar-refractivity contribution in [2.24, 2.45) is 5.92 Å². The molecule has 108 valence electrons. The van der Waals surface area contributed by atoms with Gasteiger partial charge in [-0.3, -0.25) is 0 Å². The van der Waals surface area contributed by atoms with Crippen LogP contribution in [0.2, 0.25) is 0 Å². The van der Waals surface area contributed by atoms with E-state index in [-0.39, 0.29) is 0 Å². The van der Waals surface area contributed by atoms with E-state index in [2.05, 4.69) is 56.4 Å². The molecular formula is C17H29NO. The van der Waals surface area contributed by atoms with Crippen molar-refractivity contribution in [3.8, 4) is 0 Å². The van der Waals surface area contributed by atoms with Crippen LogP contribution < -0.4 is 5.32 Å². The second-order valence-corrected chi connectivity index (χ2v) is 5.51. The number of ether oxygens (including phenoxy) is 1. The molecule has 0 aliphatic carbocycles. The smallest absolute Gasteiger partial charge is 0.0591 e. The zero-order valence-corrected chi connectivity index (χ0v) is 12.7. The number of nitrogens with one attached hydrogen (secondary N) is 1. The summed E-state index contributed by atoms with van der Waals surface area (Å²) in [4.78, 5) is 0. The number of rotatable bonds is 10.